The van der Waals surface area contributed by atoms with E-state index >= 15 is 0 Å². The van der Waals surface area contributed by atoms with Crippen LogP contribution in [0.4, 0.5) is 5.69 Å². The number of ether oxygens (including phenoxy) is 3. The van der Waals surface area contributed by atoms with E-state index in [1.807, 2.05) is 6.07 Å². The van der Waals surface area contributed by atoms with Gasteiger partial charge in [-0.25, -0.2) is 4.79 Å². The number of carbonyl (C=O) groups excluding carboxylic acids is 2. The third kappa shape index (κ3) is 6.40. The monoisotopic (exact) mass is 490 g/mol. The van der Waals surface area contributed by atoms with Crippen molar-refractivity contribution in [3.8, 4) is 17.6 Å². The van der Waals surface area contributed by atoms with E-state index in [-0.39, 0.29) is 12.2 Å². The predicted octanol–water partition coefficient (Wildman–Crippen LogP) is 5.57. The number of anilines is 1. The third-order valence-electron chi connectivity index (χ3n) is 5.08. The fraction of sp³-hybridized carbons (Fsp3) is 0.148. The lowest BCUT2D eigenvalue weighted by atomic mass is 10.1. The molecule has 0 aliphatic rings. The Labute approximate surface area is 208 Å². The first-order chi connectivity index (χ1) is 16.9. The molecule has 0 fully saturated rings. The Morgan fingerprint density at radius 2 is 1.77 bits per heavy atom. The van der Waals surface area contributed by atoms with Crippen molar-refractivity contribution in [1.82, 2.24) is 0 Å². The minimum absolute atomic E-state index is 0.113. The summed E-state index contributed by atoms with van der Waals surface area (Å²) in [5.74, 6) is -0.138. The van der Waals surface area contributed by atoms with Crippen LogP contribution >= 0.6 is 11.6 Å². The van der Waals surface area contributed by atoms with Crippen molar-refractivity contribution in [3.05, 3.63) is 93.5 Å². The smallest absolute Gasteiger partial charge is 0.337 e. The van der Waals surface area contributed by atoms with Crippen molar-refractivity contribution in [3.63, 3.8) is 0 Å². The van der Waals surface area contributed by atoms with Crippen LogP contribution in [0.15, 0.2) is 66.2 Å². The third-order valence-corrected chi connectivity index (χ3v) is 5.49. The molecule has 0 saturated carbocycles. The molecular weight excluding hydrogens is 468 g/mol. The highest BCUT2D eigenvalue weighted by Gasteiger charge is 2.15. The lowest BCUT2D eigenvalue weighted by Crippen LogP contribution is -2.14. The average Bonchev–Trinajstić information content (AvgIpc) is 2.88. The number of nitriles is 1. The van der Waals surface area contributed by atoms with E-state index in [2.05, 4.69) is 5.32 Å². The number of hydrogen-bond donors (Lipinski definition) is 1. The number of para-hydroxylation sites is 1. The summed E-state index contributed by atoms with van der Waals surface area (Å²) in [5.41, 5.74) is 2.88. The van der Waals surface area contributed by atoms with Crippen molar-refractivity contribution in [2.45, 2.75) is 13.5 Å². The molecule has 7 nitrogen and oxygen atoms in total. The number of methoxy groups -OCH3 is 2. The Hall–Kier alpha value is -4.28. The summed E-state index contributed by atoms with van der Waals surface area (Å²) in [6.45, 7) is 2.02. The minimum atomic E-state index is -0.597. The molecule has 0 radical (unpaired) electrons. The van der Waals surface area contributed by atoms with Crippen molar-refractivity contribution < 1.29 is 23.8 Å². The summed E-state index contributed by atoms with van der Waals surface area (Å²) in [7, 11) is 2.79. The zero-order valence-electron chi connectivity index (χ0n) is 19.4. The SMILES string of the molecule is COC(=O)c1ccc(COc2ccccc2/C=C(\C#N)C(=O)Nc2cc(C)c(Cl)cc2OC)cc1. The number of rotatable bonds is 8. The Balaban J connectivity index is 1.78. The van der Waals surface area contributed by atoms with Crippen LogP contribution in [0.3, 0.4) is 0 Å². The number of carbonyl (C=O) groups is 2. The molecular formula is C27H23ClN2O5. The van der Waals surface area contributed by atoms with Crippen LogP contribution in [0.1, 0.15) is 27.0 Å². The Bertz CT molecular complexity index is 1310. The number of nitrogens with zero attached hydrogens (tertiary/aromatic N) is 1. The van der Waals surface area contributed by atoms with Crippen LogP contribution in [-0.2, 0) is 16.1 Å². The Morgan fingerprint density at radius 1 is 1.06 bits per heavy atom. The molecule has 178 valence electrons. The minimum Gasteiger partial charge on any atom is -0.495 e. The summed E-state index contributed by atoms with van der Waals surface area (Å²) < 4.78 is 15.9. The van der Waals surface area contributed by atoms with Crippen LogP contribution < -0.4 is 14.8 Å². The van der Waals surface area contributed by atoms with Gasteiger partial charge in [0.1, 0.15) is 29.7 Å². The molecule has 0 aliphatic heterocycles. The number of aryl methyl sites for hydroxylation is 1. The molecule has 3 aromatic carbocycles. The molecule has 0 aliphatic carbocycles. The topological polar surface area (TPSA) is 97.7 Å². The lowest BCUT2D eigenvalue weighted by Gasteiger charge is -2.12. The number of halogens is 1. The molecule has 0 heterocycles. The fourth-order valence-electron chi connectivity index (χ4n) is 3.17. The first-order valence-corrected chi connectivity index (χ1v) is 10.9. The van der Waals surface area contributed by atoms with Crippen molar-refractivity contribution >= 4 is 35.2 Å². The van der Waals surface area contributed by atoms with Gasteiger partial charge >= 0.3 is 5.97 Å². The maximum absolute atomic E-state index is 12.8. The highest BCUT2D eigenvalue weighted by molar-refractivity contribution is 6.31. The quantitative estimate of drug-likeness (QED) is 0.252. The van der Waals surface area contributed by atoms with Crippen LogP contribution in [-0.4, -0.2) is 26.1 Å². The van der Waals surface area contributed by atoms with Gasteiger partial charge in [-0.15, -0.1) is 0 Å². The first-order valence-electron chi connectivity index (χ1n) is 10.5. The molecule has 0 spiro atoms. The van der Waals surface area contributed by atoms with Gasteiger partial charge in [0.2, 0.25) is 0 Å². The molecule has 0 bridgehead atoms. The summed E-state index contributed by atoms with van der Waals surface area (Å²) in [4.78, 5) is 24.4. The number of amides is 1. The Kier molecular flexibility index (Phi) is 8.49. The van der Waals surface area contributed by atoms with Gasteiger partial charge in [-0.3, -0.25) is 4.79 Å². The van der Waals surface area contributed by atoms with E-state index in [4.69, 9.17) is 25.8 Å². The van der Waals surface area contributed by atoms with Crippen LogP contribution in [0.25, 0.3) is 6.08 Å². The molecule has 0 unspecified atom stereocenters. The molecule has 35 heavy (non-hydrogen) atoms. The van der Waals surface area contributed by atoms with Crippen LogP contribution in [0.5, 0.6) is 11.5 Å². The Morgan fingerprint density at radius 3 is 2.43 bits per heavy atom. The van der Waals surface area contributed by atoms with Crippen molar-refractivity contribution in [2.75, 3.05) is 19.5 Å². The van der Waals surface area contributed by atoms with Gasteiger partial charge in [0.15, 0.2) is 0 Å². The summed E-state index contributed by atoms with van der Waals surface area (Å²) >= 11 is 6.13. The molecule has 0 aromatic heterocycles. The van der Waals surface area contributed by atoms with Crippen LogP contribution in [0.2, 0.25) is 5.02 Å². The lowest BCUT2D eigenvalue weighted by molar-refractivity contribution is -0.112. The largest absolute Gasteiger partial charge is 0.495 e. The van der Waals surface area contributed by atoms with E-state index in [0.29, 0.717) is 33.3 Å². The molecule has 8 heteroatoms. The number of benzene rings is 3. The summed E-state index contributed by atoms with van der Waals surface area (Å²) in [6, 6.07) is 19.1. The van der Waals surface area contributed by atoms with Gasteiger partial charge < -0.3 is 19.5 Å². The number of hydrogen-bond acceptors (Lipinski definition) is 6. The first kappa shape index (κ1) is 25.3. The fourth-order valence-corrected chi connectivity index (χ4v) is 3.32. The zero-order valence-corrected chi connectivity index (χ0v) is 20.2. The highest BCUT2D eigenvalue weighted by Crippen LogP contribution is 2.31. The molecule has 0 saturated heterocycles. The molecule has 1 N–H and O–H groups in total. The van der Waals surface area contributed by atoms with Gasteiger partial charge in [0.25, 0.3) is 5.91 Å². The van der Waals surface area contributed by atoms with E-state index in [1.165, 1.54) is 20.3 Å². The second-order valence-electron chi connectivity index (χ2n) is 7.44. The molecule has 3 rings (SSSR count). The molecule has 3 aromatic rings. The standard InChI is InChI=1S/C27H23ClN2O5/c1-17-12-23(25(33-2)14-22(17)28)30-26(31)21(15-29)13-20-6-4-5-7-24(20)35-16-18-8-10-19(11-9-18)27(32)34-3/h4-14H,16H2,1-3H3,(H,30,31)/b21-13+. The van der Waals surface area contributed by atoms with Crippen LogP contribution in [0, 0.1) is 18.3 Å². The maximum Gasteiger partial charge on any atom is 0.337 e. The predicted molar refractivity (Wildman–Crippen MR) is 134 cm³/mol. The number of nitrogens with one attached hydrogen (secondary N) is 1. The van der Waals surface area contributed by atoms with E-state index in [0.717, 1.165) is 11.1 Å². The second-order valence-corrected chi connectivity index (χ2v) is 7.85. The molecule has 1 amide bonds. The average molecular weight is 491 g/mol. The van der Waals surface area contributed by atoms with Gasteiger partial charge in [0, 0.05) is 16.7 Å². The zero-order chi connectivity index (χ0) is 25.4. The second kappa shape index (κ2) is 11.7. The number of esters is 1. The highest BCUT2D eigenvalue weighted by atomic mass is 35.5. The molecule has 0 atom stereocenters. The maximum atomic E-state index is 12.8. The van der Waals surface area contributed by atoms with Gasteiger partial charge in [-0.1, -0.05) is 41.9 Å². The van der Waals surface area contributed by atoms with Gasteiger partial charge in [-0.05, 0) is 48.4 Å². The van der Waals surface area contributed by atoms with E-state index < -0.39 is 11.9 Å². The van der Waals surface area contributed by atoms with E-state index in [1.54, 1.807) is 67.6 Å². The summed E-state index contributed by atoms with van der Waals surface area (Å²) in [6.07, 6.45) is 1.46. The van der Waals surface area contributed by atoms with Crippen molar-refractivity contribution in [2.24, 2.45) is 0 Å². The normalized spacial score (nSPS) is 10.8. The van der Waals surface area contributed by atoms with Gasteiger partial charge in [-0.2, -0.15) is 5.26 Å². The summed E-state index contributed by atoms with van der Waals surface area (Å²) in [5, 5.41) is 12.8. The van der Waals surface area contributed by atoms with Gasteiger partial charge in [0.05, 0.1) is 25.5 Å². The van der Waals surface area contributed by atoms with E-state index in [9.17, 15) is 14.9 Å². The van der Waals surface area contributed by atoms with Crippen molar-refractivity contribution in [1.29, 1.82) is 5.26 Å².